The van der Waals surface area contributed by atoms with Crippen molar-refractivity contribution in [2.24, 2.45) is 0 Å². The van der Waals surface area contributed by atoms with Crippen LogP contribution in [0.25, 0.3) is 11.4 Å². The standard InChI is InChI=1S/C16H14ClFN4S/c1-2-22-15(11-6-8-19-9-7-11)20-21-16(22)23-10-12-13(17)4-3-5-14(12)18/h3-9H,2,10H2,1H3. The maximum absolute atomic E-state index is 13.9. The van der Waals surface area contributed by atoms with Crippen LogP contribution in [0.4, 0.5) is 4.39 Å². The molecule has 0 fully saturated rings. The maximum atomic E-state index is 13.9. The third kappa shape index (κ3) is 3.38. The average molecular weight is 349 g/mol. The fourth-order valence-corrected chi connectivity index (χ4v) is 3.55. The summed E-state index contributed by atoms with van der Waals surface area (Å²) in [5.41, 5.74) is 1.43. The quantitative estimate of drug-likeness (QED) is 0.639. The molecule has 0 saturated carbocycles. The largest absolute Gasteiger partial charge is 0.302 e. The average Bonchev–Trinajstić information content (AvgIpc) is 2.98. The van der Waals surface area contributed by atoms with Crippen LogP contribution >= 0.6 is 23.4 Å². The molecule has 2 heterocycles. The number of nitrogens with zero attached hydrogens (tertiary/aromatic N) is 4. The molecular formula is C16H14ClFN4S. The number of thioether (sulfide) groups is 1. The van der Waals surface area contributed by atoms with E-state index in [1.54, 1.807) is 24.5 Å². The lowest BCUT2D eigenvalue weighted by molar-refractivity contribution is 0.617. The Labute approximate surface area is 142 Å². The van der Waals surface area contributed by atoms with Crippen LogP contribution < -0.4 is 0 Å². The van der Waals surface area contributed by atoms with E-state index in [4.69, 9.17) is 11.6 Å². The predicted octanol–water partition coefficient (Wildman–Crippen LogP) is 4.44. The molecule has 0 aliphatic heterocycles. The molecule has 7 heteroatoms. The monoisotopic (exact) mass is 348 g/mol. The summed E-state index contributed by atoms with van der Waals surface area (Å²) >= 11 is 7.49. The van der Waals surface area contributed by atoms with E-state index in [-0.39, 0.29) is 5.82 Å². The molecular weight excluding hydrogens is 335 g/mol. The Morgan fingerprint density at radius 1 is 1.17 bits per heavy atom. The van der Waals surface area contributed by atoms with Gasteiger partial charge in [0.15, 0.2) is 11.0 Å². The van der Waals surface area contributed by atoms with Crippen molar-refractivity contribution in [1.82, 2.24) is 19.7 Å². The van der Waals surface area contributed by atoms with Gasteiger partial charge in [-0.15, -0.1) is 10.2 Å². The van der Waals surface area contributed by atoms with E-state index >= 15 is 0 Å². The summed E-state index contributed by atoms with van der Waals surface area (Å²) < 4.78 is 15.9. The molecule has 0 spiro atoms. The molecule has 0 unspecified atom stereocenters. The highest BCUT2D eigenvalue weighted by Crippen LogP contribution is 2.29. The summed E-state index contributed by atoms with van der Waals surface area (Å²) in [7, 11) is 0. The van der Waals surface area contributed by atoms with Crippen LogP contribution in [0.15, 0.2) is 47.9 Å². The van der Waals surface area contributed by atoms with Crippen LogP contribution in [0, 0.1) is 5.82 Å². The Kier molecular flexibility index (Phi) is 4.93. The first kappa shape index (κ1) is 16.0. The van der Waals surface area contributed by atoms with Gasteiger partial charge in [0.1, 0.15) is 5.82 Å². The minimum Gasteiger partial charge on any atom is -0.302 e. The first-order valence-corrected chi connectivity index (χ1v) is 8.46. The fourth-order valence-electron chi connectivity index (χ4n) is 2.20. The van der Waals surface area contributed by atoms with Crippen LogP contribution in [0.5, 0.6) is 0 Å². The Morgan fingerprint density at radius 3 is 2.65 bits per heavy atom. The Hall–Kier alpha value is -1.92. The lowest BCUT2D eigenvalue weighted by Gasteiger charge is -2.08. The Bertz CT molecular complexity index is 787. The molecule has 1 aromatic carbocycles. The summed E-state index contributed by atoms with van der Waals surface area (Å²) in [6.45, 7) is 2.74. The first-order chi connectivity index (χ1) is 11.2. The highest BCUT2D eigenvalue weighted by molar-refractivity contribution is 7.98. The van der Waals surface area contributed by atoms with Crippen molar-refractivity contribution in [2.75, 3.05) is 0 Å². The number of hydrogen-bond acceptors (Lipinski definition) is 4. The molecule has 0 atom stereocenters. The second-order valence-corrected chi connectivity index (χ2v) is 6.12. The Balaban J connectivity index is 1.86. The predicted molar refractivity (Wildman–Crippen MR) is 89.9 cm³/mol. The first-order valence-electron chi connectivity index (χ1n) is 7.10. The van der Waals surface area contributed by atoms with Crippen molar-refractivity contribution in [1.29, 1.82) is 0 Å². The number of halogens is 2. The minimum atomic E-state index is -0.304. The van der Waals surface area contributed by atoms with Crippen LogP contribution in [-0.4, -0.2) is 19.7 Å². The highest BCUT2D eigenvalue weighted by Gasteiger charge is 2.15. The van der Waals surface area contributed by atoms with Crippen molar-refractivity contribution in [2.45, 2.75) is 24.4 Å². The van der Waals surface area contributed by atoms with Gasteiger partial charge in [-0.05, 0) is 31.2 Å². The van der Waals surface area contributed by atoms with Gasteiger partial charge >= 0.3 is 0 Å². The zero-order valence-electron chi connectivity index (χ0n) is 12.4. The zero-order chi connectivity index (χ0) is 16.2. The second kappa shape index (κ2) is 7.10. The van der Waals surface area contributed by atoms with Gasteiger partial charge in [-0.25, -0.2) is 4.39 Å². The van der Waals surface area contributed by atoms with Crippen LogP contribution in [0.3, 0.4) is 0 Å². The van der Waals surface area contributed by atoms with Crippen LogP contribution in [0.2, 0.25) is 5.02 Å². The number of pyridine rings is 1. The number of rotatable bonds is 5. The van der Waals surface area contributed by atoms with Gasteiger partial charge in [0.25, 0.3) is 0 Å². The van der Waals surface area contributed by atoms with Crippen molar-refractivity contribution in [3.05, 3.63) is 59.1 Å². The molecule has 0 aliphatic carbocycles. The summed E-state index contributed by atoms with van der Waals surface area (Å²) in [5.74, 6) is 0.874. The molecule has 3 aromatic rings. The lowest BCUT2D eigenvalue weighted by Crippen LogP contribution is -2.00. The lowest BCUT2D eigenvalue weighted by atomic mass is 10.2. The van der Waals surface area contributed by atoms with Gasteiger partial charge in [-0.2, -0.15) is 0 Å². The maximum Gasteiger partial charge on any atom is 0.191 e. The van der Waals surface area contributed by atoms with Gasteiger partial charge in [0, 0.05) is 40.8 Å². The summed E-state index contributed by atoms with van der Waals surface area (Å²) in [5, 5.41) is 9.64. The molecule has 2 aromatic heterocycles. The summed E-state index contributed by atoms with van der Waals surface area (Å²) in [6.07, 6.45) is 3.44. The molecule has 0 saturated heterocycles. The fraction of sp³-hybridized carbons (Fsp3) is 0.188. The van der Waals surface area contributed by atoms with E-state index in [1.165, 1.54) is 17.8 Å². The molecule has 0 bridgehead atoms. The van der Waals surface area contributed by atoms with Crippen molar-refractivity contribution < 1.29 is 4.39 Å². The third-order valence-corrected chi connectivity index (χ3v) is 4.73. The highest BCUT2D eigenvalue weighted by atomic mass is 35.5. The molecule has 0 radical (unpaired) electrons. The number of benzene rings is 1. The van der Waals surface area contributed by atoms with E-state index in [2.05, 4.69) is 15.2 Å². The second-order valence-electron chi connectivity index (χ2n) is 4.78. The van der Waals surface area contributed by atoms with Crippen LogP contribution in [-0.2, 0) is 12.3 Å². The van der Waals surface area contributed by atoms with E-state index in [0.29, 0.717) is 16.3 Å². The van der Waals surface area contributed by atoms with E-state index in [0.717, 1.165) is 23.1 Å². The van der Waals surface area contributed by atoms with Crippen molar-refractivity contribution in [3.8, 4) is 11.4 Å². The molecule has 23 heavy (non-hydrogen) atoms. The van der Waals surface area contributed by atoms with Gasteiger partial charge in [-0.1, -0.05) is 29.4 Å². The van der Waals surface area contributed by atoms with E-state index in [9.17, 15) is 4.39 Å². The summed E-state index contributed by atoms with van der Waals surface area (Å²) in [4.78, 5) is 4.01. The molecule has 118 valence electrons. The third-order valence-electron chi connectivity index (χ3n) is 3.38. The van der Waals surface area contributed by atoms with Gasteiger partial charge in [0.05, 0.1) is 0 Å². The zero-order valence-corrected chi connectivity index (χ0v) is 14.0. The topological polar surface area (TPSA) is 43.6 Å². The molecule has 3 rings (SSSR count). The number of hydrogen-bond donors (Lipinski definition) is 0. The van der Waals surface area contributed by atoms with Gasteiger partial charge in [0.2, 0.25) is 0 Å². The van der Waals surface area contributed by atoms with Crippen molar-refractivity contribution >= 4 is 23.4 Å². The van der Waals surface area contributed by atoms with Crippen molar-refractivity contribution in [3.63, 3.8) is 0 Å². The molecule has 0 N–H and O–H groups in total. The SMILES string of the molecule is CCn1c(SCc2c(F)cccc2Cl)nnc1-c1ccncc1. The van der Waals surface area contributed by atoms with E-state index < -0.39 is 0 Å². The number of aromatic nitrogens is 4. The molecule has 0 amide bonds. The molecule has 0 aliphatic rings. The van der Waals surface area contributed by atoms with Gasteiger partial charge in [-0.3, -0.25) is 4.98 Å². The van der Waals surface area contributed by atoms with Gasteiger partial charge < -0.3 is 4.57 Å². The minimum absolute atomic E-state index is 0.304. The smallest absolute Gasteiger partial charge is 0.191 e. The summed E-state index contributed by atoms with van der Waals surface area (Å²) in [6, 6.07) is 8.47. The normalized spacial score (nSPS) is 10.9. The van der Waals surface area contributed by atoms with E-state index in [1.807, 2.05) is 23.6 Å². The Morgan fingerprint density at radius 2 is 1.96 bits per heavy atom. The van der Waals surface area contributed by atoms with Crippen LogP contribution in [0.1, 0.15) is 12.5 Å². The molecule has 4 nitrogen and oxygen atoms in total.